The van der Waals surface area contributed by atoms with Crippen LogP contribution in [0.4, 0.5) is 5.69 Å². The number of thioether (sulfide) groups is 1. The zero-order chi connectivity index (χ0) is 17.1. The first-order valence-corrected chi connectivity index (χ1v) is 8.89. The molecule has 1 N–H and O–H groups in total. The van der Waals surface area contributed by atoms with Gasteiger partial charge in [0.15, 0.2) is 0 Å². The number of carbonyl (C=O) groups excluding carboxylic acids is 1. The van der Waals surface area contributed by atoms with E-state index in [9.17, 15) is 4.79 Å². The maximum Gasteiger partial charge on any atom is 0.277 e. The van der Waals surface area contributed by atoms with Crippen molar-refractivity contribution >= 4 is 46.1 Å². The molecule has 0 bridgehead atoms. The van der Waals surface area contributed by atoms with Gasteiger partial charge in [-0.1, -0.05) is 17.8 Å². The zero-order valence-electron chi connectivity index (χ0n) is 12.6. The number of fused-ring (bicyclic) bond motifs is 1. The highest BCUT2D eigenvalue weighted by atomic mass is 32.2. The van der Waals surface area contributed by atoms with Gasteiger partial charge in [-0.2, -0.15) is 8.75 Å². The van der Waals surface area contributed by atoms with E-state index in [4.69, 9.17) is 4.42 Å². The molecule has 0 fully saturated rings. The van der Waals surface area contributed by atoms with Gasteiger partial charge in [-0.25, -0.2) is 0 Å². The Morgan fingerprint density at radius 1 is 1.20 bits per heavy atom. The summed E-state index contributed by atoms with van der Waals surface area (Å²) in [6, 6.07) is 9.07. The quantitative estimate of drug-likeness (QED) is 0.535. The third kappa shape index (κ3) is 3.49. The van der Waals surface area contributed by atoms with Crippen molar-refractivity contribution in [2.75, 3.05) is 11.1 Å². The number of pyridine rings is 1. The highest BCUT2D eigenvalue weighted by molar-refractivity contribution is 7.99. The molecule has 3 heterocycles. The van der Waals surface area contributed by atoms with Crippen molar-refractivity contribution in [3.8, 4) is 11.5 Å². The van der Waals surface area contributed by atoms with Crippen molar-refractivity contribution in [3.63, 3.8) is 0 Å². The Morgan fingerprint density at radius 3 is 3.04 bits per heavy atom. The van der Waals surface area contributed by atoms with E-state index in [0.717, 1.165) is 34.6 Å². The fourth-order valence-corrected chi connectivity index (χ4v) is 3.21. The molecule has 0 spiro atoms. The predicted octanol–water partition coefficient (Wildman–Crippen LogP) is 2.87. The second-order valence-electron chi connectivity index (χ2n) is 4.89. The van der Waals surface area contributed by atoms with Crippen LogP contribution in [0.3, 0.4) is 0 Å². The van der Waals surface area contributed by atoms with Crippen LogP contribution in [0.15, 0.2) is 52.4 Å². The molecule has 1 amide bonds. The Balaban J connectivity index is 1.39. The average Bonchev–Trinajstić information content (AvgIpc) is 3.31. The molecule has 25 heavy (non-hydrogen) atoms. The van der Waals surface area contributed by atoms with Gasteiger partial charge in [0.1, 0.15) is 11.0 Å². The lowest BCUT2D eigenvalue weighted by Crippen LogP contribution is -2.14. The molecule has 124 valence electrons. The monoisotopic (exact) mass is 370 g/mol. The van der Waals surface area contributed by atoms with Gasteiger partial charge in [-0.15, -0.1) is 10.2 Å². The minimum Gasteiger partial charge on any atom is -0.411 e. The smallest absolute Gasteiger partial charge is 0.277 e. The van der Waals surface area contributed by atoms with Gasteiger partial charge in [-0.3, -0.25) is 9.78 Å². The van der Waals surface area contributed by atoms with Gasteiger partial charge in [0.25, 0.3) is 5.22 Å². The van der Waals surface area contributed by atoms with Crippen molar-refractivity contribution in [2.24, 2.45) is 0 Å². The number of nitrogens with one attached hydrogen (secondary N) is 1. The lowest BCUT2D eigenvalue weighted by Gasteiger charge is -2.03. The Kier molecular flexibility index (Phi) is 4.36. The number of hydrogen-bond acceptors (Lipinski definition) is 9. The van der Waals surface area contributed by atoms with E-state index < -0.39 is 0 Å². The van der Waals surface area contributed by atoms with E-state index in [0.29, 0.717) is 22.3 Å². The molecule has 0 atom stereocenters. The SMILES string of the molecule is O=C(CSc1nnc(-c2cccnc2)o1)Nc1cccc2nsnc12. The molecule has 3 aromatic heterocycles. The van der Waals surface area contributed by atoms with Crippen molar-refractivity contribution in [1.29, 1.82) is 0 Å². The highest BCUT2D eigenvalue weighted by Crippen LogP contribution is 2.24. The third-order valence-electron chi connectivity index (χ3n) is 3.20. The number of amides is 1. The van der Waals surface area contributed by atoms with Crippen LogP contribution in [0.2, 0.25) is 0 Å². The fraction of sp³-hybridized carbons (Fsp3) is 0.0667. The van der Waals surface area contributed by atoms with E-state index in [1.165, 1.54) is 0 Å². The molecule has 0 aliphatic rings. The molecule has 0 unspecified atom stereocenters. The largest absolute Gasteiger partial charge is 0.411 e. The van der Waals surface area contributed by atoms with Crippen LogP contribution in [-0.4, -0.2) is 35.6 Å². The first kappa shape index (κ1) is 15.7. The topological polar surface area (TPSA) is 107 Å². The molecular weight excluding hydrogens is 360 g/mol. The maximum atomic E-state index is 12.2. The lowest BCUT2D eigenvalue weighted by atomic mass is 10.2. The third-order valence-corrected chi connectivity index (χ3v) is 4.56. The molecule has 0 saturated carbocycles. The predicted molar refractivity (Wildman–Crippen MR) is 94.3 cm³/mol. The molecule has 4 rings (SSSR count). The Labute approximate surface area is 150 Å². The maximum absolute atomic E-state index is 12.2. The minimum atomic E-state index is -0.188. The molecular formula is C15H10N6O2S2. The van der Waals surface area contributed by atoms with Crippen molar-refractivity contribution in [3.05, 3.63) is 42.7 Å². The Hall–Kier alpha value is -2.85. The summed E-state index contributed by atoms with van der Waals surface area (Å²) in [5, 5.41) is 11.0. The van der Waals surface area contributed by atoms with Crippen LogP contribution >= 0.6 is 23.5 Å². The van der Waals surface area contributed by atoms with Crippen LogP contribution in [0.5, 0.6) is 0 Å². The Morgan fingerprint density at radius 2 is 2.16 bits per heavy atom. The molecule has 1 aromatic carbocycles. The molecule has 0 aliphatic heterocycles. The van der Waals surface area contributed by atoms with Crippen LogP contribution in [0.25, 0.3) is 22.5 Å². The van der Waals surface area contributed by atoms with Gasteiger partial charge < -0.3 is 9.73 Å². The Bertz CT molecular complexity index is 1020. The van der Waals surface area contributed by atoms with E-state index in [1.807, 2.05) is 18.2 Å². The molecule has 0 saturated heterocycles. The number of rotatable bonds is 5. The van der Waals surface area contributed by atoms with Gasteiger partial charge in [-0.05, 0) is 24.3 Å². The van der Waals surface area contributed by atoms with E-state index >= 15 is 0 Å². The van der Waals surface area contributed by atoms with E-state index in [-0.39, 0.29) is 11.7 Å². The van der Waals surface area contributed by atoms with Crippen molar-refractivity contribution in [1.82, 2.24) is 23.9 Å². The average molecular weight is 370 g/mol. The number of hydrogen-bond donors (Lipinski definition) is 1. The van der Waals surface area contributed by atoms with Crippen LogP contribution < -0.4 is 5.32 Å². The van der Waals surface area contributed by atoms with Crippen molar-refractivity contribution in [2.45, 2.75) is 5.22 Å². The summed E-state index contributed by atoms with van der Waals surface area (Å²) in [6.07, 6.45) is 3.30. The first-order chi connectivity index (χ1) is 12.3. The van der Waals surface area contributed by atoms with Gasteiger partial charge in [0.05, 0.1) is 28.7 Å². The summed E-state index contributed by atoms with van der Waals surface area (Å²) < 4.78 is 13.9. The summed E-state index contributed by atoms with van der Waals surface area (Å²) in [7, 11) is 0. The second-order valence-corrected chi connectivity index (χ2v) is 6.34. The number of aromatic nitrogens is 5. The van der Waals surface area contributed by atoms with Gasteiger partial charge in [0, 0.05) is 12.4 Å². The summed E-state index contributed by atoms with van der Waals surface area (Å²) in [6.45, 7) is 0. The zero-order valence-corrected chi connectivity index (χ0v) is 14.3. The van der Waals surface area contributed by atoms with Crippen molar-refractivity contribution < 1.29 is 9.21 Å². The lowest BCUT2D eigenvalue weighted by molar-refractivity contribution is -0.113. The summed E-state index contributed by atoms with van der Waals surface area (Å²) in [4.78, 5) is 16.2. The molecule has 10 heteroatoms. The summed E-state index contributed by atoms with van der Waals surface area (Å²) >= 11 is 2.27. The molecule has 4 aromatic rings. The minimum absolute atomic E-state index is 0.141. The molecule has 0 aliphatic carbocycles. The van der Waals surface area contributed by atoms with E-state index in [2.05, 4.69) is 29.2 Å². The molecule has 8 nitrogen and oxygen atoms in total. The van der Waals surface area contributed by atoms with Gasteiger partial charge in [0.2, 0.25) is 11.8 Å². The number of anilines is 1. The molecule has 0 radical (unpaired) electrons. The van der Waals surface area contributed by atoms with Crippen LogP contribution in [0.1, 0.15) is 0 Å². The number of benzene rings is 1. The van der Waals surface area contributed by atoms with Gasteiger partial charge >= 0.3 is 0 Å². The number of carbonyl (C=O) groups is 1. The number of nitrogens with zero attached hydrogens (tertiary/aromatic N) is 5. The normalized spacial score (nSPS) is 10.9. The van der Waals surface area contributed by atoms with Crippen LogP contribution in [-0.2, 0) is 4.79 Å². The fourth-order valence-electron chi connectivity index (χ4n) is 2.09. The summed E-state index contributed by atoms with van der Waals surface area (Å²) in [5.74, 6) is 0.323. The standard InChI is InChI=1S/C15H10N6O2S2/c22-12(17-10-4-1-5-11-13(10)21-25-20-11)8-24-15-19-18-14(23-15)9-3-2-6-16-7-9/h1-7H,8H2,(H,17,22). The van der Waals surface area contributed by atoms with Crippen LogP contribution in [0, 0.1) is 0 Å². The first-order valence-electron chi connectivity index (χ1n) is 7.17. The highest BCUT2D eigenvalue weighted by Gasteiger charge is 2.13. The second kappa shape index (κ2) is 6.95. The summed E-state index contributed by atoms with van der Waals surface area (Å²) in [5.41, 5.74) is 2.81. The van der Waals surface area contributed by atoms with E-state index in [1.54, 1.807) is 24.5 Å².